The van der Waals surface area contributed by atoms with Gasteiger partial charge in [-0.1, -0.05) is 139 Å². The number of halogens is 2. The van der Waals surface area contributed by atoms with E-state index in [2.05, 4.69) is 113 Å². The van der Waals surface area contributed by atoms with E-state index in [1.54, 1.807) is 51.1 Å². The second-order valence-corrected chi connectivity index (χ2v) is 30.2. The Morgan fingerprint density at radius 1 is 0.342 bits per heavy atom. The molecule has 12 heterocycles. The van der Waals surface area contributed by atoms with Crippen LogP contribution in [0.25, 0.3) is 105 Å². The van der Waals surface area contributed by atoms with Crippen molar-refractivity contribution >= 4 is 134 Å². The van der Waals surface area contributed by atoms with Gasteiger partial charge in [0.05, 0.1) is 81.1 Å². The van der Waals surface area contributed by atoms with Crippen molar-refractivity contribution in [2.75, 3.05) is 21.3 Å². The third-order valence-corrected chi connectivity index (χ3v) is 21.8. The first kappa shape index (κ1) is 79.2. The molecule has 30 heteroatoms. The molecule has 1 saturated carbocycles. The number of nitrogens with one attached hydrogen (secondary N) is 8. The minimum atomic E-state index is -0.248. The molecule has 0 aliphatic heterocycles. The van der Waals surface area contributed by atoms with Crippen LogP contribution in [0.5, 0.6) is 0 Å². The molecule has 4 atom stereocenters. The highest BCUT2D eigenvalue weighted by Gasteiger charge is 2.31. The Hall–Kier alpha value is -14.6. The fourth-order valence-corrected chi connectivity index (χ4v) is 15.8. The van der Waals surface area contributed by atoms with Gasteiger partial charge in [-0.25, -0.2) is 59.8 Å². The summed E-state index contributed by atoms with van der Waals surface area (Å²) >= 11 is 12.7. The number of para-hydroxylation sites is 1. The van der Waals surface area contributed by atoms with Crippen molar-refractivity contribution in [2.24, 2.45) is 0 Å². The highest BCUT2D eigenvalue weighted by molar-refractivity contribution is 6.36. The molecule has 12 aromatic heterocycles. The number of hydrogen-bond donors (Lipinski definition) is 8. The minimum Gasteiger partial charge on any atom is -0.360 e. The number of anilines is 4. The lowest BCUT2D eigenvalue weighted by atomic mass is 10.0. The van der Waals surface area contributed by atoms with Gasteiger partial charge in [-0.15, -0.1) is 0 Å². The summed E-state index contributed by atoms with van der Waals surface area (Å²) in [6.07, 6.45) is 14.3. The SMILES string of the molecule is C.C[C@H](Nc1ncnc2nc[nH]c12)c1cc2cccc(Cl)c2c(=O)n1-c1ccccc1.C[C@H](Nc1ncnc2nc[nH]c12)c1cc2cccc(Cl)c2c(=O)n1C1CC1.Cc1ccc(-n2c([C@H](C)Nc3ncnc4nc[nH]c34)cc3cccc(C)c3c2=O)cc1.Cc1cccc(-n2c([C@H](C)Nc3ncnc4nc[nH]c34)cc3cccc(C)c3c2=O)c1. The fraction of sp³-hybridized carbons (Fsp3) is 0.178. The molecule has 1 aliphatic rings. The number of aryl methyl sites for hydroxylation is 4. The molecule has 1 aliphatic carbocycles. The Morgan fingerprint density at radius 3 is 1.07 bits per heavy atom. The van der Waals surface area contributed by atoms with Crippen molar-refractivity contribution in [1.29, 1.82) is 0 Å². The number of pyridine rings is 4. The molecule has 0 spiro atoms. The van der Waals surface area contributed by atoms with Crippen LogP contribution >= 0.6 is 23.2 Å². The minimum absolute atomic E-state index is 0. The number of fused-ring (bicyclic) bond motifs is 8. The normalized spacial score (nSPS) is 12.9. The van der Waals surface area contributed by atoms with Crippen molar-refractivity contribution < 1.29 is 0 Å². The molecule has 0 radical (unpaired) electrons. The third-order valence-electron chi connectivity index (χ3n) is 21.2. The van der Waals surface area contributed by atoms with Crippen LogP contribution in [0.2, 0.25) is 10.0 Å². The second kappa shape index (κ2) is 33.5. The van der Waals surface area contributed by atoms with Gasteiger partial charge in [-0.3, -0.25) is 32.9 Å². The van der Waals surface area contributed by atoms with Crippen molar-refractivity contribution in [1.82, 2.24) is 98.0 Å². The van der Waals surface area contributed by atoms with E-state index in [-0.39, 0.29) is 59.9 Å². The van der Waals surface area contributed by atoms with E-state index in [4.69, 9.17) is 23.2 Å². The Labute approximate surface area is 695 Å². The van der Waals surface area contributed by atoms with Crippen LogP contribution in [0, 0.1) is 27.7 Å². The number of rotatable bonds is 16. The van der Waals surface area contributed by atoms with Gasteiger partial charge in [-0.2, -0.15) is 0 Å². The summed E-state index contributed by atoms with van der Waals surface area (Å²) in [6, 6.07) is 56.0. The summed E-state index contributed by atoms with van der Waals surface area (Å²) < 4.78 is 7.16. The van der Waals surface area contributed by atoms with Gasteiger partial charge in [0.15, 0.2) is 45.9 Å². The molecular formula is C90H82Cl2N24O4. The first-order chi connectivity index (χ1) is 57.8. The van der Waals surface area contributed by atoms with Crippen LogP contribution in [0.3, 0.4) is 0 Å². The molecule has 19 aromatic rings. The average molecular weight is 1630 g/mol. The lowest BCUT2D eigenvalue weighted by Gasteiger charge is -2.22. The van der Waals surface area contributed by atoms with Crippen LogP contribution in [0.4, 0.5) is 23.3 Å². The molecule has 20 rings (SSSR count). The maximum absolute atomic E-state index is 13.7. The van der Waals surface area contributed by atoms with E-state index in [9.17, 15) is 19.2 Å². The zero-order chi connectivity index (χ0) is 82.3. The Morgan fingerprint density at radius 2 is 0.675 bits per heavy atom. The smallest absolute Gasteiger partial charge is 0.264 e. The van der Waals surface area contributed by atoms with Crippen LogP contribution < -0.4 is 43.5 Å². The number of nitrogens with zero attached hydrogens (tertiary/aromatic N) is 16. The largest absolute Gasteiger partial charge is 0.360 e. The molecule has 1 fully saturated rings. The van der Waals surface area contributed by atoms with Crippen molar-refractivity contribution in [3.8, 4) is 17.1 Å². The predicted molar refractivity (Wildman–Crippen MR) is 476 cm³/mol. The first-order valence-corrected chi connectivity index (χ1v) is 39.4. The molecule has 0 bridgehead atoms. The summed E-state index contributed by atoms with van der Waals surface area (Å²) in [6.45, 7) is 16.1. The number of benzene rings is 7. The van der Waals surface area contributed by atoms with Crippen molar-refractivity contribution in [2.45, 2.75) is 106 Å². The van der Waals surface area contributed by atoms with E-state index in [1.165, 1.54) is 25.3 Å². The zero-order valence-electron chi connectivity index (χ0n) is 65.7. The molecule has 0 unspecified atom stereocenters. The van der Waals surface area contributed by atoms with Crippen molar-refractivity contribution in [3.05, 3.63) is 323 Å². The van der Waals surface area contributed by atoms with Gasteiger partial charge >= 0.3 is 0 Å². The highest BCUT2D eigenvalue weighted by atomic mass is 35.5. The zero-order valence-corrected chi connectivity index (χ0v) is 67.2. The van der Waals surface area contributed by atoms with E-state index in [0.717, 1.165) is 124 Å². The molecule has 0 amide bonds. The Kier molecular flexibility index (Phi) is 22.1. The molecular weight excluding hydrogens is 1550 g/mol. The summed E-state index contributed by atoms with van der Waals surface area (Å²) in [4.78, 5) is 117. The number of hydrogen-bond acceptors (Lipinski definition) is 20. The third kappa shape index (κ3) is 15.5. The molecule has 7 aromatic carbocycles. The van der Waals surface area contributed by atoms with E-state index < -0.39 is 0 Å². The summed E-state index contributed by atoms with van der Waals surface area (Å²) in [7, 11) is 0. The van der Waals surface area contributed by atoms with Gasteiger partial charge < -0.3 is 45.8 Å². The number of aromatic amines is 4. The van der Waals surface area contributed by atoms with E-state index >= 15 is 0 Å². The van der Waals surface area contributed by atoms with Crippen LogP contribution in [0.1, 0.15) is 123 Å². The summed E-state index contributed by atoms with van der Waals surface area (Å²) in [5.74, 6) is 2.55. The Balaban J connectivity index is 0.000000119. The quantitative estimate of drug-likeness (QED) is 0.0445. The van der Waals surface area contributed by atoms with Gasteiger partial charge in [0.1, 0.15) is 47.4 Å². The lowest BCUT2D eigenvalue weighted by molar-refractivity contribution is 0.636. The molecule has 8 N–H and O–H groups in total. The van der Waals surface area contributed by atoms with Gasteiger partial charge in [0, 0.05) is 45.9 Å². The number of H-pyrrole nitrogens is 4. The highest BCUT2D eigenvalue weighted by Crippen LogP contribution is 2.39. The van der Waals surface area contributed by atoms with Gasteiger partial charge in [0.25, 0.3) is 22.2 Å². The van der Waals surface area contributed by atoms with Gasteiger partial charge in [0.2, 0.25) is 0 Å². The van der Waals surface area contributed by atoms with Crippen LogP contribution in [-0.2, 0) is 0 Å². The topological polar surface area (TPSA) is 354 Å². The summed E-state index contributed by atoms with van der Waals surface area (Å²) in [5.41, 5.74) is 15.0. The molecule has 0 saturated heterocycles. The maximum atomic E-state index is 13.7. The van der Waals surface area contributed by atoms with Crippen LogP contribution in [0.15, 0.2) is 246 Å². The van der Waals surface area contributed by atoms with E-state index in [1.807, 2.05) is 212 Å². The first-order valence-electron chi connectivity index (χ1n) is 38.6. The van der Waals surface area contributed by atoms with E-state index in [0.29, 0.717) is 72.2 Å². The second-order valence-electron chi connectivity index (χ2n) is 29.4. The average Bonchev–Trinajstić information content (AvgIpc) is 1.11. The predicted octanol–water partition coefficient (Wildman–Crippen LogP) is 17.8. The lowest BCUT2D eigenvalue weighted by Crippen LogP contribution is -2.26. The number of imidazole rings is 4. The fourth-order valence-electron chi connectivity index (χ4n) is 15.3. The standard InChI is InChI=1S/2C24H22N6O.C22H17ClN6O.C19H17ClN6O.CH4/c1-14-6-4-9-18(10-14)30-19(11-17-8-5-7-15(2)20(17)24(30)31)16(3)29-23-21-22(26-12-25-21)27-13-28-23;1-14-7-9-18(10-8-14)30-19(11-17-6-4-5-15(2)20(17)24(30)31)16(3)29-23-21-22(26-12-25-21)27-13-28-23;1-13(28-21-19-20(25-11-24-19)26-12-27-21)17-10-14-6-5-9-16(23)18(14)22(30)29(17)15-7-3-2-4-8-15;1-10(25-18-16-17(22-8-21-16)23-9-24-18)14-7-11-3-2-4-13(20)15(11)19(27)26(14)12-5-6-12;/h2*4-13,16H,1-3H3,(H2,25,26,27,28,29);2-13H,1H3,(H2,24,25,26,27,28);2-4,7-10,12H,5-6H2,1H3,(H2,21,22,23,24,25);1H4/t2*16-;13-;10-;/m0000./s1. The maximum Gasteiger partial charge on any atom is 0.264 e. The van der Waals surface area contributed by atoms with Crippen molar-refractivity contribution in [3.63, 3.8) is 0 Å². The van der Waals surface area contributed by atoms with Crippen LogP contribution in [-0.4, -0.2) is 98.0 Å². The molecule has 120 heavy (non-hydrogen) atoms. The molecule has 600 valence electrons. The monoisotopic (exact) mass is 1630 g/mol. The number of aromatic nitrogens is 20. The van der Waals surface area contributed by atoms with Gasteiger partial charge in [-0.05, 0) is 179 Å². The summed E-state index contributed by atoms with van der Waals surface area (Å²) in [5, 5.41) is 20.6. The Bertz CT molecular complexity index is 7340. The molecule has 28 nitrogen and oxygen atoms in total.